The lowest BCUT2D eigenvalue weighted by atomic mass is 9.76. The van der Waals surface area contributed by atoms with Gasteiger partial charge in [0.25, 0.3) is 0 Å². The van der Waals surface area contributed by atoms with Gasteiger partial charge >= 0.3 is 6.09 Å². The summed E-state index contributed by atoms with van der Waals surface area (Å²) in [5.74, 6) is -0.0442. The zero-order valence-corrected chi connectivity index (χ0v) is 14.0. The van der Waals surface area contributed by atoms with Gasteiger partial charge < -0.3 is 14.7 Å². The van der Waals surface area contributed by atoms with Crippen LogP contribution in [0.1, 0.15) is 31.2 Å². The third-order valence-corrected chi connectivity index (χ3v) is 5.13. The fourth-order valence-corrected chi connectivity index (χ4v) is 3.66. The average Bonchev–Trinajstić information content (AvgIpc) is 2.61. The molecule has 1 spiro atoms. The van der Waals surface area contributed by atoms with Gasteiger partial charge in [0.15, 0.2) is 0 Å². The number of piperazine rings is 1. The van der Waals surface area contributed by atoms with E-state index in [1.807, 2.05) is 30.3 Å². The van der Waals surface area contributed by atoms with E-state index in [4.69, 9.17) is 4.74 Å². The maximum Gasteiger partial charge on any atom is 0.411 e. The highest BCUT2D eigenvalue weighted by Crippen LogP contribution is 2.37. The summed E-state index contributed by atoms with van der Waals surface area (Å²) in [7, 11) is 1.77. The van der Waals surface area contributed by atoms with Gasteiger partial charge in [-0.15, -0.1) is 0 Å². The number of carbonyl (C=O) groups excluding carboxylic acids is 2. The zero-order valence-electron chi connectivity index (χ0n) is 14.0. The Morgan fingerprint density at radius 1 is 1.25 bits per heavy atom. The minimum atomic E-state index is -0.861. The van der Waals surface area contributed by atoms with E-state index in [0.717, 1.165) is 5.56 Å². The first-order valence-electron chi connectivity index (χ1n) is 8.45. The number of aliphatic hydroxyl groups excluding tert-OH is 1. The number of carbonyl (C=O) groups is 2. The number of ether oxygens (including phenoxy) is 1. The van der Waals surface area contributed by atoms with Crippen molar-refractivity contribution in [1.29, 1.82) is 0 Å². The Labute approximate surface area is 142 Å². The van der Waals surface area contributed by atoms with Crippen LogP contribution in [0.5, 0.6) is 0 Å². The molecule has 1 N–H and O–H groups in total. The molecule has 1 saturated carbocycles. The smallest absolute Gasteiger partial charge is 0.411 e. The molecule has 7 heteroatoms. The van der Waals surface area contributed by atoms with Gasteiger partial charge in [-0.05, 0) is 31.2 Å². The summed E-state index contributed by atoms with van der Waals surface area (Å²) in [4.78, 5) is 28.7. The molecule has 0 bridgehead atoms. The molecule has 1 heterocycles. The SMILES string of the molecule is BN1CCN(C(=O)OCc2ccccc2)[C@]2(CC[C@H](O)CC2)C1=O. The Balaban J connectivity index is 1.74. The Morgan fingerprint density at radius 2 is 1.92 bits per heavy atom. The molecule has 0 aromatic heterocycles. The van der Waals surface area contributed by atoms with Gasteiger partial charge in [-0.25, -0.2) is 4.79 Å². The molecule has 1 aromatic rings. The third-order valence-electron chi connectivity index (χ3n) is 5.13. The Hall–Kier alpha value is -2.02. The lowest BCUT2D eigenvalue weighted by molar-refractivity contribution is -0.148. The molecule has 1 aliphatic heterocycles. The van der Waals surface area contributed by atoms with Gasteiger partial charge in [0.1, 0.15) is 12.1 Å². The topological polar surface area (TPSA) is 70.1 Å². The lowest BCUT2D eigenvalue weighted by Crippen LogP contribution is -2.68. The van der Waals surface area contributed by atoms with Crippen LogP contribution in [-0.4, -0.2) is 59.5 Å². The van der Waals surface area contributed by atoms with E-state index in [2.05, 4.69) is 0 Å². The number of nitrogens with zero attached hydrogens (tertiary/aromatic N) is 2. The fourth-order valence-electron chi connectivity index (χ4n) is 3.66. The van der Waals surface area contributed by atoms with Crippen molar-refractivity contribution in [3.63, 3.8) is 0 Å². The number of amides is 2. The van der Waals surface area contributed by atoms with Crippen LogP contribution in [0.25, 0.3) is 0 Å². The van der Waals surface area contributed by atoms with Gasteiger partial charge in [-0.3, -0.25) is 9.69 Å². The molecule has 1 aliphatic carbocycles. The van der Waals surface area contributed by atoms with Crippen molar-refractivity contribution in [2.45, 2.75) is 43.9 Å². The summed E-state index contributed by atoms with van der Waals surface area (Å²) in [6.07, 6.45) is 1.19. The largest absolute Gasteiger partial charge is 0.445 e. The van der Waals surface area contributed by atoms with E-state index in [1.54, 1.807) is 17.7 Å². The van der Waals surface area contributed by atoms with Crippen molar-refractivity contribution in [2.24, 2.45) is 0 Å². The van der Waals surface area contributed by atoms with E-state index < -0.39 is 17.7 Å². The Bertz CT molecular complexity index is 602. The second-order valence-electron chi connectivity index (χ2n) is 6.68. The highest BCUT2D eigenvalue weighted by atomic mass is 16.6. The maximum absolute atomic E-state index is 12.8. The van der Waals surface area contributed by atoms with Crippen molar-refractivity contribution < 1.29 is 19.4 Å². The molecule has 128 valence electrons. The van der Waals surface area contributed by atoms with Crippen molar-refractivity contribution in [2.75, 3.05) is 13.1 Å². The molecule has 0 radical (unpaired) electrons. The minimum Gasteiger partial charge on any atom is -0.445 e. The van der Waals surface area contributed by atoms with Crippen molar-refractivity contribution in [1.82, 2.24) is 9.71 Å². The monoisotopic (exact) mass is 330 g/mol. The Kier molecular flexibility index (Phi) is 4.80. The standard InChI is InChI=1S/C17H23BN2O4/c18-20-11-10-19(16(23)24-12-13-4-2-1-3-5-13)17(15(20)22)8-6-14(21)7-9-17/h1-5,14,21H,6-12,18H2/t14-,17-. The molecule has 24 heavy (non-hydrogen) atoms. The van der Waals surface area contributed by atoms with Gasteiger partial charge in [0, 0.05) is 13.1 Å². The van der Waals surface area contributed by atoms with Crippen LogP contribution in [0.15, 0.2) is 30.3 Å². The maximum atomic E-state index is 12.8. The molecule has 1 aromatic carbocycles. The summed E-state index contributed by atoms with van der Waals surface area (Å²) >= 11 is 0. The normalized spacial score (nSPS) is 27.4. The first-order valence-corrected chi connectivity index (χ1v) is 8.45. The number of benzene rings is 1. The van der Waals surface area contributed by atoms with Gasteiger partial charge in [0.2, 0.25) is 13.9 Å². The van der Waals surface area contributed by atoms with E-state index in [-0.39, 0.29) is 12.5 Å². The van der Waals surface area contributed by atoms with Crippen LogP contribution >= 0.6 is 0 Å². The van der Waals surface area contributed by atoms with Crippen LogP contribution in [-0.2, 0) is 16.1 Å². The summed E-state index contributed by atoms with van der Waals surface area (Å²) in [6.45, 7) is 1.16. The van der Waals surface area contributed by atoms with E-state index in [0.29, 0.717) is 38.8 Å². The number of rotatable bonds is 2. The number of hydrogen-bond acceptors (Lipinski definition) is 4. The van der Waals surface area contributed by atoms with E-state index in [9.17, 15) is 14.7 Å². The second kappa shape index (κ2) is 6.85. The predicted molar refractivity (Wildman–Crippen MR) is 90.8 cm³/mol. The van der Waals surface area contributed by atoms with E-state index in [1.165, 1.54) is 0 Å². The predicted octanol–water partition coefficient (Wildman–Crippen LogP) is 0.689. The molecule has 2 amide bonds. The summed E-state index contributed by atoms with van der Waals surface area (Å²) in [5, 5.41) is 9.79. The fraction of sp³-hybridized carbons (Fsp3) is 0.529. The van der Waals surface area contributed by atoms with Gasteiger partial charge in [-0.2, -0.15) is 0 Å². The molecule has 0 unspecified atom stereocenters. The molecule has 2 fully saturated rings. The third kappa shape index (κ3) is 3.13. The molecular weight excluding hydrogens is 307 g/mol. The van der Waals surface area contributed by atoms with Gasteiger partial charge in [-0.1, -0.05) is 30.3 Å². The van der Waals surface area contributed by atoms with Crippen molar-refractivity contribution in [3.8, 4) is 0 Å². The molecule has 2 aliphatic rings. The van der Waals surface area contributed by atoms with E-state index >= 15 is 0 Å². The van der Waals surface area contributed by atoms with Crippen LogP contribution in [0.4, 0.5) is 4.79 Å². The minimum absolute atomic E-state index is 0.0442. The first-order chi connectivity index (χ1) is 11.5. The zero-order chi connectivity index (χ0) is 17.2. The summed E-state index contributed by atoms with van der Waals surface area (Å²) < 4.78 is 5.46. The van der Waals surface area contributed by atoms with Crippen LogP contribution < -0.4 is 0 Å². The summed E-state index contributed by atoms with van der Waals surface area (Å²) in [5.41, 5.74) is 0.0550. The van der Waals surface area contributed by atoms with Crippen LogP contribution in [0.3, 0.4) is 0 Å². The molecule has 3 rings (SSSR count). The van der Waals surface area contributed by atoms with Crippen molar-refractivity contribution in [3.05, 3.63) is 35.9 Å². The Morgan fingerprint density at radius 3 is 2.58 bits per heavy atom. The highest BCUT2D eigenvalue weighted by Gasteiger charge is 2.52. The highest BCUT2D eigenvalue weighted by molar-refractivity contribution is 6.16. The molecule has 6 nitrogen and oxygen atoms in total. The van der Waals surface area contributed by atoms with Crippen molar-refractivity contribution >= 4 is 20.0 Å². The quantitative estimate of drug-likeness (QED) is 0.810. The van der Waals surface area contributed by atoms with Crippen LogP contribution in [0.2, 0.25) is 0 Å². The molecule has 1 saturated heterocycles. The second-order valence-corrected chi connectivity index (χ2v) is 6.68. The number of hydrogen-bond donors (Lipinski definition) is 1. The summed E-state index contributed by atoms with van der Waals surface area (Å²) in [6, 6.07) is 9.50. The van der Waals surface area contributed by atoms with Gasteiger partial charge in [0.05, 0.1) is 6.10 Å². The average molecular weight is 330 g/mol. The number of aliphatic hydroxyl groups is 1. The molecular formula is C17H23BN2O4. The first kappa shape index (κ1) is 16.8. The van der Waals surface area contributed by atoms with Crippen LogP contribution in [0, 0.1) is 0 Å². The lowest BCUT2D eigenvalue weighted by Gasteiger charge is -2.50. The molecule has 0 atom stereocenters.